The second kappa shape index (κ2) is 26.2. The van der Waals surface area contributed by atoms with E-state index in [-0.39, 0.29) is 19.7 Å². The van der Waals surface area contributed by atoms with Crippen molar-refractivity contribution in [2.24, 2.45) is 0 Å². The molecule has 0 bridgehead atoms. The summed E-state index contributed by atoms with van der Waals surface area (Å²) in [6.07, 6.45) is -3.33. The molecule has 22 nitrogen and oxygen atoms in total. The number of benzene rings is 2. The summed E-state index contributed by atoms with van der Waals surface area (Å²) in [5, 5.41) is 9.78. The van der Waals surface area contributed by atoms with Crippen LogP contribution in [0, 0.1) is 0 Å². The number of ether oxygens (including phenoxy) is 9. The predicted octanol–water partition coefficient (Wildman–Crippen LogP) is 3.75. The molecule has 2 heterocycles. The fraction of sp³-hybridized carbons (Fsp3) is 0.500. The SMILES string of the molecule is COc1cccc(CN(CCOC(=O)[C@H](C)OC(=O)[C@H](C)OC(=O)[C@H](C)OC(=O)[C@H](C)OC(=O)[C@H](C)OC(=O)[C@H](C)OC(C)=O)C(=O)Nc2ccc(-c3cn[nH]c3)cc2OCCN2CCCC2)c1. The maximum absolute atomic E-state index is 14.0. The lowest BCUT2D eigenvalue weighted by Gasteiger charge is -2.25. The fourth-order valence-corrected chi connectivity index (χ4v) is 6.32. The van der Waals surface area contributed by atoms with Gasteiger partial charge in [0.05, 0.1) is 25.5 Å². The van der Waals surface area contributed by atoms with Gasteiger partial charge in [0.2, 0.25) is 0 Å². The van der Waals surface area contributed by atoms with Crippen molar-refractivity contribution < 1.29 is 81.0 Å². The lowest BCUT2D eigenvalue weighted by atomic mass is 10.1. The van der Waals surface area contributed by atoms with Gasteiger partial charge in [0.1, 0.15) is 24.7 Å². The number of nitrogens with zero attached hydrogens (tertiary/aromatic N) is 3. The number of esters is 7. The molecule has 0 saturated carbocycles. The third-order valence-corrected chi connectivity index (χ3v) is 10.1. The summed E-state index contributed by atoms with van der Waals surface area (Å²) < 4.78 is 46.8. The van der Waals surface area contributed by atoms with E-state index in [0.29, 0.717) is 23.8 Å². The van der Waals surface area contributed by atoms with Gasteiger partial charge in [-0.3, -0.25) is 14.8 Å². The number of methoxy groups -OCH3 is 1. The Morgan fingerprint density at radius 3 is 1.75 bits per heavy atom. The van der Waals surface area contributed by atoms with E-state index in [0.717, 1.165) is 83.8 Å². The fourth-order valence-electron chi connectivity index (χ4n) is 6.32. The topological polar surface area (TPSA) is 267 Å². The molecule has 68 heavy (non-hydrogen) atoms. The number of urea groups is 1. The number of carbonyl (C=O) groups excluding carboxylic acids is 8. The van der Waals surface area contributed by atoms with E-state index in [1.165, 1.54) is 25.9 Å². The Kier molecular flexibility index (Phi) is 20.6. The zero-order chi connectivity index (χ0) is 49.9. The Labute approximate surface area is 393 Å². The highest BCUT2D eigenvalue weighted by Crippen LogP contribution is 2.31. The van der Waals surface area contributed by atoms with Crippen LogP contribution < -0.4 is 14.8 Å². The van der Waals surface area contributed by atoms with Crippen LogP contribution in [0.25, 0.3) is 11.1 Å². The van der Waals surface area contributed by atoms with E-state index in [2.05, 4.69) is 25.2 Å². The molecule has 0 spiro atoms. The number of aromatic nitrogens is 2. The molecule has 1 aliphatic heterocycles. The molecule has 1 aromatic heterocycles. The summed E-state index contributed by atoms with van der Waals surface area (Å²) in [4.78, 5) is 104. The lowest BCUT2D eigenvalue weighted by Crippen LogP contribution is -2.39. The summed E-state index contributed by atoms with van der Waals surface area (Å²) in [5.74, 6) is -6.35. The monoisotopic (exact) mass is 953 g/mol. The van der Waals surface area contributed by atoms with Gasteiger partial charge in [-0.25, -0.2) is 33.6 Å². The average molecular weight is 954 g/mol. The standard InChI is InChI=1S/C46H59N5O17/c1-27(64-42(55)29(3)66-44(57)31(5)68-45(58)32(6)67-43(56)30(4)65-41(54)28(2)63-33(7)52)40(53)62-21-19-51(26-34-12-11-13-37(22-34)60-8)46(59)49-38-15-14-35(36-24-47-48-25-36)23-39(38)61-20-18-50-16-9-10-17-50/h11-15,22-25,27-32H,9-10,16-21,26H2,1-8H3,(H,47,48)(H,49,59)/t27-,28-,29-,30-,31-,32-/m0/s1. The van der Waals surface area contributed by atoms with Crippen molar-refractivity contribution in [2.45, 2.75) is 104 Å². The van der Waals surface area contributed by atoms with Crippen molar-refractivity contribution in [3.05, 3.63) is 60.4 Å². The first kappa shape index (κ1) is 53.4. The second-order valence-corrected chi connectivity index (χ2v) is 15.6. The lowest BCUT2D eigenvalue weighted by molar-refractivity contribution is -0.187. The van der Waals surface area contributed by atoms with Crippen molar-refractivity contribution in [2.75, 3.05) is 51.8 Å². The van der Waals surface area contributed by atoms with Crippen LogP contribution in [-0.4, -0.2) is 151 Å². The Morgan fingerprint density at radius 2 is 1.24 bits per heavy atom. The van der Waals surface area contributed by atoms with Gasteiger partial charge < -0.3 is 52.8 Å². The minimum absolute atomic E-state index is 0.0833. The maximum Gasteiger partial charge on any atom is 0.347 e. The number of anilines is 1. The van der Waals surface area contributed by atoms with Crippen molar-refractivity contribution in [1.82, 2.24) is 20.0 Å². The second-order valence-electron chi connectivity index (χ2n) is 15.6. The number of likely N-dealkylation sites (tertiary alicyclic amines) is 1. The average Bonchev–Trinajstić information content (AvgIpc) is 4.04. The zero-order valence-corrected chi connectivity index (χ0v) is 39.3. The minimum atomic E-state index is -1.60. The maximum atomic E-state index is 14.0. The molecule has 0 unspecified atom stereocenters. The first-order valence-corrected chi connectivity index (χ1v) is 21.9. The van der Waals surface area contributed by atoms with E-state index in [1.807, 2.05) is 18.2 Å². The number of rotatable bonds is 24. The molecule has 1 aliphatic rings. The predicted molar refractivity (Wildman–Crippen MR) is 238 cm³/mol. The number of hydrogen-bond donors (Lipinski definition) is 2. The third kappa shape index (κ3) is 16.9. The van der Waals surface area contributed by atoms with Gasteiger partial charge in [0, 0.05) is 31.8 Å². The Balaban J connectivity index is 1.29. The molecule has 6 atom stereocenters. The highest BCUT2D eigenvalue weighted by molar-refractivity contribution is 5.92. The van der Waals surface area contributed by atoms with Gasteiger partial charge in [-0.15, -0.1) is 0 Å². The van der Waals surface area contributed by atoms with Crippen molar-refractivity contribution in [3.8, 4) is 22.6 Å². The van der Waals surface area contributed by atoms with E-state index < -0.39 is 84.4 Å². The van der Waals surface area contributed by atoms with Gasteiger partial charge in [-0.05, 0) is 103 Å². The van der Waals surface area contributed by atoms with Crippen LogP contribution >= 0.6 is 0 Å². The summed E-state index contributed by atoms with van der Waals surface area (Å²) >= 11 is 0. The highest BCUT2D eigenvalue weighted by Gasteiger charge is 2.32. The van der Waals surface area contributed by atoms with Crippen LogP contribution in [-0.2, 0) is 73.3 Å². The number of amides is 2. The smallest absolute Gasteiger partial charge is 0.347 e. The van der Waals surface area contributed by atoms with Gasteiger partial charge >= 0.3 is 47.8 Å². The van der Waals surface area contributed by atoms with Crippen molar-refractivity contribution in [3.63, 3.8) is 0 Å². The van der Waals surface area contributed by atoms with Crippen LogP contribution in [0.15, 0.2) is 54.9 Å². The summed E-state index contributed by atoms with van der Waals surface area (Å²) in [7, 11) is 1.52. The molecule has 1 saturated heterocycles. The van der Waals surface area contributed by atoms with E-state index in [9.17, 15) is 38.4 Å². The van der Waals surface area contributed by atoms with Crippen LogP contribution in [0.4, 0.5) is 10.5 Å². The van der Waals surface area contributed by atoms with Crippen LogP contribution in [0.5, 0.6) is 11.5 Å². The first-order chi connectivity index (χ1) is 32.3. The van der Waals surface area contributed by atoms with Crippen molar-refractivity contribution >= 4 is 53.5 Å². The molecule has 4 rings (SSSR count). The normalized spacial score (nSPS) is 14.9. The van der Waals surface area contributed by atoms with Crippen LogP contribution in [0.3, 0.4) is 0 Å². The Bertz CT molecular complexity index is 2210. The largest absolute Gasteiger partial charge is 0.497 e. The van der Waals surface area contributed by atoms with E-state index in [4.69, 9.17) is 37.9 Å². The minimum Gasteiger partial charge on any atom is -0.497 e. The van der Waals surface area contributed by atoms with Gasteiger partial charge in [-0.1, -0.05) is 18.2 Å². The first-order valence-electron chi connectivity index (χ1n) is 21.9. The number of nitrogens with one attached hydrogen (secondary N) is 2. The van der Waals surface area contributed by atoms with Crippen molar-refractivity contribution in [1.29, 1.82) is 0 Å². The molecule has 22 heteroatoms. The summed E-state index contributed by atoms with van der Waals surface area (Å²) in [5.41, 5.74) is 2.78. The zero-order valence-electron chi connectivity index (χ0n) is 39.3. The van der Waals surface area contributed by atoms with Gasteiger partial charge in [0.15, 0.2) is 36.6 Å². The van der Waals surface area contributed by atoms with E-state index in [1.54, 1.807) is 36.7 Å². The molecular formula is C46H59N5O17. The quantitative estimate of drug-likeness (QED) is 0.0956. The Morgan fingerprint density at radius 1 is 0.691 bits per heavy atom. The highest BCUT2D eigenvalue weighted by atomic mass is 16.7. The molecule has 370 valence electrons. The molecule has 3 aromatic rings. The van der Waals surface area contributed by atoms with Crippen LogP contribution in [0.2, 0.25) is 0 Å². The molecule has 0 aliphatic carbocycles. The molecule has 2 N–H and O–H groups in total. The van der Waals surface area contributed by atoms with Gasteiger partial charge in [-0.2, -0.15) is 5.10 Å². The van der Waals surface area contributed by atoms with Crippen LogP contribution in [0.1, 0.15) is 66.9 Å². The molecule has 2 amide bonds. The molecule has 0 radical (unpaired) electrons. The number of hydrogen-bond acceptors (Lipinski definition) is 19. The number of H-pyrrole nitrogens is 1. The molecule has 2 aromatic carbocycles. The third-order valence-electron chi connectivity index (χ3n) is 10.1. The summed E-state index contributed by atoms with van der Waals surface area (Å²) in [6, 6.07) is 12.0. The Hall–Kier alpha value is -7.23. The van der Waals surface area contributed by atoms with E-state index >= 15 is 0 Å². The summed E-state index contributed by atoms with van der Waals surface area (Å²) in [6.45, 7) is 10.9. The molecule has 1 fully saturated rings. The number of aromatic amines is 1. The van der Waals surface area contributed by atoms with Gasteiger partial charge in [0.25, 0.3) is 0 Å². The molecular weight excluding hydrogens is 895 g/mol. The number of carbonyl (C=O) groups is 8.